The van der Waals surface area contributed by atoms with E-state index in [9.17, 15) is 4.79 Å². The Labute approximate surface area is 109 Å². The molecule has 2 N–H and O–H groups in total. The molecular weight excluding hydrogens is 226 g/mol. The minimum Gasteiger partial charge on any atom is -0.345 e. The summed E-state index contributed by atoms with van der Waals surface area (Å²) in [6.07, 6.45) is 6.23. The van der Waals surface area contributed by atoms with Crippen LogP contribution in [-0.2, 0) is 11.3 Å². The van der Waals surface area contributed by atoms with Crippen LogP contribution in [0.5, 0.6) is 0 Å². The van der Waals surface area contributed by atoms with Crippen molar-refractivity contribution in [1.82, 2.24) is 9.47 Å². The number of hydrogen-bond donors (Lipinski definition) is 1. The molecule has 1 aromatic rings. The van der Waals surface area contributed by atoms with Crippen LogP contribution in [0.1, 0.15) is 38.3 Å². The molecule has 0 saturated heterocycles. The van der Waals surface area contributed by atoms with Crippen LogP contribution in [0.3, 0.4) is 0 Å². The predicted molar refractivity (Wildman–Crippen MR) is 72.0 cm³/mol. The van der Waals surface area contributed by atoms with Gasteiger partial charge in [0.05, 0.1) is 0 Å². The van der Waals surface area contributed by atoms with Gasteiger partial charge in [0.2, 0.25) is 5.91 Å². The first-order chi connectivity index (χ1) is 8.49. The fourth-order valence-electron chi connectivity index (χ4n) is 2.07. The van der Waals surface area contributed by atoms with Gasteiger partial charge in [-0.05, 0) is 30.4 Å². The van der Waals surface area contributed by atoms with Crippen LogP contribution >= 0.6 is 0 Å². The van der Waals surface area contributed by atoms with Crippen molar-refractivity contribution < 1.29 is 4.79 Å². The highest BCUT2D eigenvalue weighted by Gasteiger charge is 2.29. The first kappa shape index (κ1) is 13.1. The summed E-state index contributed by atoms with van der Waals surface area (Å²) < 4.78 is 1.93. The lowest BCUT2D eigenvalue weighted by atomic mass is 10.00. The Balaban J connectivity index is 1.95. The third-order valence-electron chi connectivity index (χ3n) is 3.68. The zero-order chi connectivity index (χ0) is 13.3. The Kier molecular flexibility index (Phi) is 3.76. The summed E-state index contributed by atoms with van der Waals surface area (Å²) in [5.74, 6) is 0.587. The number of hydrogen-bond acceptors (Lipinski definition) is 2. The molecule has 0 radical (unpaired) electrons. The van der Waals surface area contributed by atoms with E-state index in [-0.39, 0.29) is 11.9 Å². The number of nitrogens with two attached hydrogens (primary N) is 1. The highest BCUT2D eigenvalue weighted by atomic mass is 16.2. The lowest BCUT2D eigenvalue weighted by Crippen LogP contribution is -2.31. The number of likely N-dealkylation sites (N-methyl/N-ethyl adjacent to an activating group) is 1. The lowest BCUT2D eigenvalue weighted by Gasteiger charge is -2.17. The van der Waals surface area contributed by atoms with Crippen molar-refractivity contribution in [3.05, 3.63) is 24.0 Å². The van der Waals surface area contributed by atoms with Gasteiger partial charge < -0.3 is 15.2 Å². The quantitative estimate of drug-likeness (QED) is 0.864. The minimum atomic E-state index is 0.0440. The van der Waals surface area contributed by atoms with Crippen molar-refractivity contribution in [1.29, 1.82) is 0 Å². The van der Waals surface area contributed by atoms with Gasteiger partial charge in [-0.3, -0.25) is 4.79 Å². The van der Waals surface area contributed by atoms with Crippen LogP contribution in [0.15, 0.2) is 18.5 Å². The van der Waals surface area contributed by atoms with Crippen molar-refractivity contribution in [2.24, 2.45) is 11.7 Å². The minimum absolute atomic E-state index is 0.0440. The normalized spacial score (nSPS) is 16.9. The van der Waals surface area contributed by atoms with Crippen molar-refractivity contribution >= 4 is 5.91 Å². The van der Waals surface area contributed by atoms with E-state index in [1.165, 1.54) is 0 Å². The monoisotopic (exact) mass is 249 g/mol. The van der Waals surface area contributed by atoms with Crippen molar-refractivity contribution in [3.63, 3.8) is 0 Å². The molecule has 1 aliphatic carbocycles. The Bertz CT molecular complexity index is 420. The van der Waals surface area contributed by atoms with Crippen LogP contribution in [0.4, 0.5) is 0 Å². The number of carbonyl (C=O) groups excluding carboxylic acids is 1. The molecule has 1 aliphatic rings. The van der Waals surface area contributed by atoms with Crippen LogP contribution in [-0.4, -0.2) is 28.5 Å². The van der Waals surface area contributed by atoms with Gasteiger partial charge in [0.15, 0.2) is 0 Å². The van der Waals surface area contributed by atoms with Gasteiger partial charge >= 0.3 is 0 Å². The van der Waals surface area contributed by atoms with E-state index in [0.717, 1.165) is 18.4 Å². The first-order valence-electron chi connectivity index (χ1n) is 6.66. The van der Waals surface area contributed by atoms with E-state index in [1.54, 1.807) is 0 Å². The number of rotatable bonds is 5. The van der Waals surface area contributed by atoms with Gasteiger partial charge in [0.25, 0.3) is 0 Å². The lowest BCUT2D eigenvalue weighted by molar-refractivity contribution is -0.131. The van der Waals surface area contributed by atoms with Crippen LogP contribution in [0.2, 0.25) is 0 Å². The smallest absolute Gasteiger partial charge is 0.242 e. The summed E-state index contributed by atoms with van der Waals surface area (Å²) in [4.78, 5) is 13.8. The molecule has 1 aromatic heterocycles. The van der Waals surface area contributed by atoms with Crippen molar-refractivity contribution in [2.45, 2.75) is 45.3 Å². The molecule has 1 amide bonds. The summed E-state index contributed by atoms with van der Waals surface area (Å²) in [5, 5.41) is 0. The highest BCUT2D eigenvalue weighted by Crippen LogP contribution is 2.25. The molecule has 100 valence electrons. The van der Waals surface area contributed by atoms with E-state index in [4.69, 9.17) is 5.73 Å². The fraction of sp³-hybridized carbons (Fsp3) is 0.643. The van der Waals surface area contributed by atoms with E-state index in [2.05, 4.69) is 13.8 Å². The molecular formula is C14H23N3O. The number of nitrogens with zero attached hydrogens (tertiary/aromatic N) is 2. The molecule has 0 spiro atoms. The van der Waals surface area contributed by atoms with Crippen LogP contribution in [0, 0.1) is 5.92 Å². The standard InChI is InChI=1S/C14H23N3O/c1-10(2)14(15)11-6-7-17(8-11)9-13(18)16(3)12-4-5-12/h6-8,10,12,14H,4-5,9,15H2,1-3H3. The largest absolute Gasteiger partial charge is 0.345 e. The molecule has 0 bridgehead atoms. The van der Waals surface area contributed by atoms with Crippen molar-refractivity contribution in [2.75, 3.05) is 7.05 Å². The van der Waals surface area contributed by atoms with E-state index in [1.807, 2.05) is 35.0 Å². The first-order valence-corrected chi connectivity index (χ1v) is 6.66. The summed E-state index contributed by atoms with van der Waals surface area (Å²) in [5.41, 5.74) is 7.19. The second-order valence-corrected chi connectivity index (χ2v) is 5.62. The SMILES string of the molecule is CC(C)C(N)c1ccn(CC(=O)N(C)C2CC2)c1. The van der Waals surface area contributed by atoms with E-state index in [0.29, 0.717) is 18.5 Å². The van der Waals surface area contributed by atoms with Crippen molar-refractivity contribution in [3.8, 4) is 0 Å². The van der Waals surface area contributed by atoms with E-state index < -0.39 is 0 Å². The third-order valence-corrected chi connectivity index (χ3v) is 3.68. The van der Waals surface area contributed by atoms with Gasteiger partial charge in [-0.15, -0.1) is 0 Å². The van der Waals surface area contributed by atoms with Gasteiger partial charge in [-0.25, -0.2) is 0 Å². The Morgan fingerprint density at radius 1 is 1.56 bits per heavy atom. The summed E-state index contributed by atoms with van der Waals surface area (Å²) >= 11 is 0. The number of aromatic nitrogens is 1. The van der Waals surface area contributed by atoms with Crippen LogP contribution < -0.4 is 5.73 Å². The summed E-state index contributed by atoms with van der Waals surface area (Å²) in [6.45, 7) is 4.62. The molecule has 1 heterocycles. The molecule has 2 rings (SSSR count). The zero-order valence-corrected chi connectivity index (χ0v) is 11.5. The Hall–Kier alpha value is -1.29. The summed E-state index contributed by atoms with van der Waals surface area (Å²) in [6, 6.07) is 2.53. The second kappa shape index (κ2) is 5.14. The fourth-order valence-corrected chi connectivity index (χ4v) is 2.07. The molecule has 4 nitrogen and oxygen atoms in total. The number of amides is 1. The van der Waals surface area contributed by atoms with Gasteiger partial charge in [0.1, 0.15) is 6.54 Å². The van der Waals surface area contributed by atoms with Gasteiger partial charge in [-0.2, -0.15) is 0 Å². The maximum absolute atomic E-state index is 12.0. The highest BCUT2D eigenvalue weighted by molar-refractivity contribution is 5.76. The van der Waals surface area contributed by atoms with E-state index >= 15 is 0 Å². The molecule has 4 heteroatoms. The van der Waals surface area contributed by atoms with Crippen LogP contribution in [0.25, 0.3) is 0 Å². The maximum atomic E-state index is 12.0. The molecule has 0 aromatic carbocycles. The average molecular weight is 249 g/mol. The molecule has 1 saturated carbocycles. The number of carbonyl (C=O) groups is 1. The Morgan fingerprint density at radius 2 is 2.22 bits per heavy atom. The molecule has 0 aliphatic heterocycles. The topological polar surface area (TPSA) is 51.3 Å². The molecule has 18 heavy (non-hydrogen) atoms. The third kappa shape index (κ3) is 2.93. The molecule has 1 unspecified atom stereocenters. The molecule has 1 fully saturated rings. The summed E-state index contributed by atoms with van der Waals surface area (Å²) in [7, 11) is 1.89. The van der Waals surface area contributed by atoms with Gasteiger partial charge in [0, 0.05) is 31.5 Å². The average Bonchev–Trinajstić information content (AvgIpc) is 3.08. The molecule has 1 atom stereocenters. The predicted octanol–water partition coefficient (Wildman–Crippen LogP) is 1.76. The zero-order valence-electron chi connectivity index (χ0n) is 11.5. The van der Waals surface area contributed by atoms with Gasteiger partial charge in [-0.1, -0.05) is 13.8 Å². The second-order valence-electron chi connectivity index (χ2n) is 5.62. The Morgan fingerprint density at radius 3 is 2.78 bits per heavy atom. The maximum Gasteiger partial charge on any atom is 0.242 e.